The molecule has 1 saturated heterocycles. The molecule has 1 aromatic heterocycles. The summed E-state index contributed by atoms with van der Waals surface area (Å²) in [6.07, 6.45) is 1.35. The first-order valence-corrected chi connectivity index (χ1v) is 9.44. The number of non-ortho nitro benzene ring substituents is 1. The van der Waals surface area contributed by atoms with Gasteiger partial charge in [-0.2, -0.15) is 0 Å². The molecular formula is C18H13ClN2O7S. The number of furan rings is 1. The molecule has 0 bridgehead atoms. The van der Waals surface area contributed by atoms with Crippen molar-refractivity contribution in [2.75, 3.05) is 13.2 Å². The van der Waals surface area contributed by atoms with Crippen molar-refractivity contribution in [3.63, 3.8) is 0 Å². The van der Waals surface area contributed by atoms with Gasteiger partial charge in [0.2, 0.25) is 0 Å². The van der Waals surface area contributed by atoms with E-state index in [0.717, 1.165) is 4.90 Å². The Morgan fingerprint density at radius 3 is 2.79 bits per heavy atom. The molecule has 0 spiro atoms. The number of benzene rings is 1. The molecule has 9 nitrogen and oxygen atoms in total. The molecule has 1 aliphatic heterocycles. The number of ether oxygens (including phenoxy) is 1. The highest BCUT2D eigenvalue weighted by atomic mass is 35.5. The summed E-state index contributed by atoms with van der Waals surface area (Å²) in [7, 11) is 0. The molecule has 0 saturated carbocycles. The molecule has 0 aliphatic carbocycles. The van der Waals surface area contributed by atoms with Crippen LogP contribution in [-0.2, 0) is 14.3 Å². The number of nitro benzene ring substituents is 1. The second kappa shape index (κ2) is 8.50. The van der Waals surface area contributed by atoms with Crippen molar-refractivity contribution in [2.24, 2.45) is 0 Å². The number of amides is 2. The van der Waals surface area contributed by atoms with Gasteiger partial charge in [0.15, 0.2) is 0 Å². The van der Waals surface area contributed by atoms with Gasteiger partial charge in [0.1, 0.15) is 18.1 Å². The molecule has 1 aliphatic rings. The molecule has 2 aromatic rings. The summed E-state index contributed by atoms with van der Waals surface area (Å²) in [4.78, 5) is 47.2. The fraction of sp³-hybridized carbons (Fsp3) is 0.167. The van der Waals surface area contributed by atoms with Crippen LogP contribution in [0.2, 0.25) is 5.02 Å². The van der Waals surface area contributed by atoms with Crippen LogP contribution in [0.15, 0.2) is 39.7 Å². The molecule has 0 unspecified atom stereocenters. The minimum Gasteiger partial charge on any atom is -0.465 e. The predicted molar refractivity (Wildman–Crippen MR) is 105 cm³/mol. The monoisotopic (exact) mass is 436 g/mol. The van der Waals surface area contributed by atoms with E-state index in [2.05, 4.69) is 0 Å². The number of nitro groups is 1. The van der Waals surface area contributed by atoms with Crippen LogP contribution in [0.4, 0.5) is 10.5 Å². The second-order valence-corrected chi connectivity index (χ2v) is 7.10. The minimum atomic E-state index is -0.684. The number of hydrogen-bond donors (Lipinski definition) is 0. The summed E-state index contributed by atoms with van der Waals surface area (Å²) in [5.74, 6) is -0.823. The maximum Gasteiger partial charge on any atom is 0.326 e. The van der Waals surface area contributed by atoms with Crippen molar-refractivity contribution in [2.45, 2.75) is 6.92 Å². The number of nitrogens with zero attached hydrogens (tertiary/aromatic N) is 2. The van der Waals surface area contributed by atoms with Gasteiger partial charge in [0.05, 0.1) is 21.5 Å². The summed E-state index contributed by atoms with van der Waals surface area (Å²) in [6.45, 7) is 1.29. The Morgan fingerprint density at radius 1 is 1.34 bits per heavy atom. The lowest BCUT2D eigenvalue weighted by Gasteiger charge is -2.10. The zero-order valence-corrected chi connectivity index (χ0v) is 16.5. The van der Waals surface area contributed by atoms with E-state index in [1.165, 1.54) is 30.3 Å². The van der Waals surface area contributed by atoms with E-state index in [1.54, 1.807) is 13.0 Å². The van der Waals surface area contributed by atoms with Crippen molar-refractivity contribution in [1.29, 1.82) is 0 Å². The highest BCUT2D eigenvalue weighted by Gasteiger charge is 2.36. The number of rotatable bonds is 6. The third kappa shape index (κ3) is 4.49. The van der Waals surface area contributed by atoms with Gasteiger partial charge in [-0.3, -0.25) is 29.4 Å². The summed E-state index contributed by atoms with van der Waals surface area (Å²) >= 11 is 6.77. The smallest absolute Gasteiger partial charge is 0.326 e. The van der Waals surface area contributed by atoms with E-state index in [9.17, 15) is 24.5 Å². The molecule has 2 amide bonds. The Hall–Kier alpha value is -3.11. The predicted octanol–water partition coefficient (Wildman–Crippen LogP) is 4.11. The van der Waals surface area contributed by atoms with Gasteiger partial charge < -0.3 is 9.15 Å². The summed E-state index contributed by atoms with van der Waals surface area (Å²) in [5, 5.41) is 10.6. The Balaban J connectivity index is 1.83. The van der Waals surface area contributed by atoms with Gasteiger partial charge in [-0.1, -0.05) is 11.6 Å². The maximum atomic E-state index is 12.4. The molecule has 11 heteroatoms. The van der Waals surface area contributed by atoms with Crippen molar-refractivity contribution in [3.05, 3.63) is 56.1 Å². The first-order chi connectivity index (χ1) is 13.8. The van der Waals surface area contributed by atoms with Crippen LogP contribution in [-0.4, -0.2) is 40.1 Å². The third-order valence-electron chi connectivity index (χ3n) is 3.79. The van der Waals surface area contributed by atoms with Crippen molar-refractivity contribution >= 4 is 52.2 Å². The van der Waals surface area contributed by atoms with Gasteiger partial charge in [-0.05, 0) is 36.9 Å². The average Bonchev–Trinajstić information content (AvgIpc) is 3.22. The summed E-state index contributed by atoms with van der Waals surface area (Å²) < 4.78 is 10.4. The van der Waals surface area contributed by atoms with Gasteiger partial charge in [0.25, 0.3) is 16.8 Å². The van der Waals surface area contributed by atoms with Crippen LogP contribution in [0.3, 0.4) is 0 Å². The fourth-order valence-electron chi connectivity index (χ4n) is 2.49. The topological polar surface area (TPSA) is 120 Å². The SMILES string of the molecule is CCOC(=O)CN1C(=O)S/C(=C/c2ccc(-c3cc([N+](=O)[O-])ccc3Cl)o2)C1=O. The zero-order valence-electron chi connectivity index (χ0n) is 14.9. The third-order valence-corrected chi connectivity index (χ3v) is 5.03. The first-order valence-electron chi connectivity index (χ1n) is 8.25. The molecule has 1 aromatic carbocycles. The quantitative estimate of drug-likeness (QED) is 0.287. The van der Waals surface area contributed by atoms with E-state index < -0.39 is 28.6 Å². The van der Waals surface area contributed by atoms with Crippen molar-refractivity contribution in [3.8, 4) is 11.3 Å². The van der Waals surface area contributed by atoms with Crippen LogP contribution in [0, 0.1) is 10.1 Å². The molecular weight excluding hydrogens is 424 g/mol. The van der Waals surface area contributed by atoms with Gasteiger partial charge in [-0.15, -0.1) is 0 Å². The highest BCUT2D eigenvalue weighted by Crippen LogP contribution is 2.35. The van der Waals surface area contributed by atoms with Crippen molar-refractivity contribution < 1.29 is 28.5 Å². The zero-order chi connectivity index (χ0) is 21.1. The lowest BCUT2D eigenvalue weighted by Crippen LogP contribution is -2.34. The summed E-state index contributed by atoms with van der Waals surface area (Å²) in [5.41, 5.74) is 0.165. The van der Waals surface area contributed by atoms with E-state index in [4.69, 9.17) is 20.8 Å². The Kier molecular flexibility index (Phi) is 6.04. The first kappa shape index (κ1) is 20.6. The van der Waals surface area contributed by atoms with Gasteiger partial charge >= 0.3 is 5.97 Å². The Bertz CT molecular complexity index is 1050. The van der Waals surface area contributed by atoms with Crippen LogP contribution in [0.25, 0.3) is 17.4 Å². The number of hydrogen-bond acceptors (Lipinski definition) is 8. The molecule has 2 heterocycles. The molecule has 0 radical (unpaired) electrons. The minimum absolute atomic E-state index is 0.0744. The molecule has 29 heavy (non-hydrogen) atoms. The molecule has 0 N–H and O–H groups in total. The Morgan fingerprint density at radius 2 is 2.10 bits per heavy atom. The van der Waals surface area contributed by atoms with E-state index in [0.29, 0.717) is 17.3 Å². The molecule has 1 fully saturated rings. The van der Waals surface area contributed by atoms with Gasteiger partial charge in [0, 0.05) is 23.8 Å². The molecule has 3 rings (SSSR count). The standard InChI is InChI=1S/C18H13ClN2O7S/c1-2-27-16(22)9-20-17(23)15(29-18(20)24)8-11-4-6-14(28-11)12-7-10(21(25)26)3-5-13(12)19/h3-8H,2,9H2,1H3/b15-8+. The van der Waals surface area contributed by atoms with Crippen molar-refractivity contribution in [1.82, 2.24) is 4.90 Å². The number of thioether (sulfide) groups is 1. The lowest BCUT2D eigenvalue weighted by molar-refractivity contribution is -0.384. The van der Waals surface area contributed by atoms with E-state index >= 15 is 0 Å². The van der Waals surface area contributed by atoms with Crippen LogP contribution in [0.5, 0.6) is 0 Å². The molecule has 150 valence electrons. The van der Waals surface area contributed by atoms with E-state index in [-0.39, 0.29) is 33.7 Å². The maximum absolute atomic E-state index is 12.4. The number of halogens is 1. The molecule has 0 atom stereocenters. The number of carbonyl (C=O) groups excluding carboxylic acids is 3. The summed E-state index contributed by atoms with van der Waals surface area (Å²) in [6, 6.07) is 7.01. The van der Waals surface area contributed by atoms with Crippen LogP contribution < -0.4 is 0 Å². The largest absolute Gasteiger partial charge is 0.465 e. The Labute approximate surface area is 173 Å². The number of imide groups is 1. The number of esters is 1. The van der Waals surface area contributed by atoms with Gasteiger partial charge in [-0.25, -0.2) is 0 Å². The lowest BCUT2D eigenvalue weighted by atomic mass is 10.1. The number of carbonyl (C=O) groups is 3. The van der Waals surface area contributed by atoms with E-state index in [1.807, 2.05) is 0 Å². The normalized spacial score (nSPS) is 15.2. The fourth-order valence-corrected chi connectivity index (χ4v) is 3.52. The van der Waals surface area contributed by atoms with Crippen LogP contribution in [0.1, 0.15) is 12.7 Å². The highest BCUT2D eigenvalue weighted by molar-refractivity contribution is 8.18. The second-order valence-electron chi connectivity index (χ2n) is 5.70. The average molecular weight is 437 g/mol. The van der Waals surface area contributed by atoms with Crippen LogP contribution >= 0.6 is 23.4 Å².